The highest BCUT2D eigenvalue weighted by Crippen LogP contribution is 2.24. The Balaban J connectivity index is 1.34. The molecule has 37 heavy (non-hydrogen) atoms. The molecule has 2 heterocycles. The Bertz CT molecular complexity index is 1210. The van der Waals surface area contributed by atoms with Crippen molar-refractivity contribution >= 4 is 17.5 Å². The molecule has 0 saturated carbocycles. The van der Waals surface area contributed by atoms with Gasteiger partial charge in [-0.3, -0.25) is 9.59 Å². The minimum Gasteiger partial charge on any atom is -0.497 e. The van der Waals surface area contributed by atoms with Gasteiger partial charge in [0.05, 0.1) is 13.2 Å². The van der Waals surface area contributed by atoms with Crippen molar-refractivity contribution in [3.8, 4) is 5.75 Å². The second-order valence-electron chi connectivity index (χ2n) is 10.00. The highest BCUT2D eigenvalue weighted by atomic mass is 16.5. The maximum atomic E-state index is 13.5. The van der Waals surface area contributed by atoms with Crippen LogP contribution in [0.25, 0.3) is 0 Å². The van der Waals surface area contributed by atoms with Crippen molar-refractivity contribution in [1.82, 2.24) is 9.80 Å². The maximum absolute atomic E-state index is 13.5. The van der Waals surface area contributed by atoms with E-state index in [1.807, 2.05) is 71.6 Å². The first-order chi connectivity index (χ1) is 18.1. The third-order valence-corrected chi connectivity index (χ3v) is 7.44. The van der Waals surface area contributed by atoms with Gasteiger partial charge in [-0.25, -0.2) is 0 Å². The number of methoxy groups -OCH3 is 1. The van der Waals surface area contributed by atoms with Gasteiger partial charge in [-0.1, -0.05) is 42.5 Å². The largest absolute Gasteiger partial charge is 0.497 e. The van der Waals surface area contributed by atoms with E-state index in [1.165, 1.54) is 19.3 Å². The van der Waals surface area contributed by atoms with E-state index < -0.39 is 0 Å². The number of amides is 2. The number of carbonyl (C=O) groups is 2. The highest BCUT2D eigenvalue weighted by Gasteiger charge is 2.35. The zero-order chi connectivity index (χ0) is 25.6. The summed E-state index contributed by atoms with van der Waals surface area (Å²) >= 11 is 0. The lowest BCUT2D eigenvalue weighted by molar-refractivity contribution is -0.139. The first-order valence-corrected chi connectivity index (χ1v) is 13.2. The van der Waals surface area contributed by atoms with E-state index in [4.69, 9.17) is 4.74 Å². The fourth-order valence-corrected chi connectivity index (χ4v) is 5.43. The standard InChI is InChI=1S/C31H35N3O3/c1-37-29-12-8-11-25(20-29)21-34-28(19-24-9-4-2-5-10-24)22-33(23-30(34)35)31(36)26-13-15-27(16-14-26)32-17-6-3-7-18-32/h2,4-5,8-16,20,28H,3,6-7,17-19,21-23H2,1H3/t28-/m0/s1. The molecule has 0 N–H and O–H groups in total. The molecule has 192 valence electrons. The molecule has 3 aromatic carbocycles. The van der Waals surface area contributed by atoms with Crippen molar-refractivity contribution in [3.63, 3.8) is 0 Å². The van der Waals surface area contributed by atoms with Gasteiger partial charge in [0, 0.05) is 37.4 Å². The molecule has 5 rings (SSSR count). The minimum atomic E-state index is -0.119. The predicted molar refractivity (Wildman–Crippen MR) is 146 cm³/mol. The molecule has 1 atom stereocenters. The molecule has 2 fully saturated rings. The summed E-state index contributed by atoms with van der Waals surface area (Å²) in [5.74, 6) is 0.650. The summed E-state index contributed by atoms with van der Waals surface area (Å²) in [7, 11) is 1.64. The molecule has 6 heteroatoms. The number of anilines is 1. The Morgan fingerprint density at radius 3 is 2.35 bits per heavy atom. The van der Waals surface area contributed by atoms with Crippen molar-refractivity contribution < 1.29 is 14.3 Å². The van der Waals surface area contributed by atoms with Crippen LogP contribution in [-0.4, -0.2) is 60.9 Å². The second kappa shape index (κ2) is 11.5. The Kier molecular flexibility index (Phi) is 7.73. The molecule has 0 unspecified atom stereocenters. The molecule has 2 amide bonds. The van der Waals surface area contributed by atoms with Crippen LogP contribution < -0.4 is 9.64 Å². The van der Waals surface area contributed by atoms with E-state index in [2.05, 4.69) is 17.0 Å². The van der Waals surface area contributed by atoms with Gasteiger partial charge in [0.15, 0.2) is 0 Å². The maximum Gasteiger partial charge on any atom is 0.254 e. The summed E-state index contributed by atoms with van der Waals surface area (Å²) in [6, 6.07) is 25.8. The highest BCUT2D eigenvalue weighted by molar-refractivity contribution is 5.97. The number of piperazine rings is 1. The summed E-state index contributed by atoms with van der Waals surface area (Å²) in [6.45, 7) is 3.20. The molecular weight excluding hydrogens is 462 g/mol. The summed E-state index contributed by atoms with van der Waals surface area (Å²) in [4.78, 5) is 33.0. The number of carbonyl (C=O) groups excluding carboxylic acids is 2. The van der Waals surface area contributed by atoms with Gasteiger partial charge in [-0.05, 0) is 73.2 Å². The van der Waals surface area contributed by atoms with E-state index in [-0.39, 0.29) is 24.4 Å². The van der Waals surface area contributed by atoms with Crippen molar-refractivity contribution in [2.24, 2.45) is 0 Å². The predicted octanol–water partition coefficient (Wildman–Crippen LogP) is 4.78. The molecular formula is C31H35N3O3. The van der Waals surface area contributed by atoms with Crippen LogP contribution in [0.3, 0.4) is 0 Å². The van der Waals surface area contributed by atoms with Crippen LogP contribution in [0, 0.1) is 0 Å². The number of nitrogens with zero attached hydrogens (tertiary/aromatic N) is 3. The molecule has 0 spiro atoms. The monoisotopic (exact) mass is 497 g/mol. The number of hydrogen-bond acceptors (Lipinski definition) is 4. The second-order valence-corrected chi connectivity index (χ2v) is 10.00. The first-order valence-electron chi connectivity index (χ1n) is 13.2. The van der Waals surface area contributed by atoms with Crippen LogP contribution >= 0.6 is 0 Å². The van der Waals surface area contributed by atoms with Crippen molar-refractivity contribution in [2.75, 3.05) is 38.2 Å². The number of benzene rings is 3. The lowest BCUT2D eigenvalue weighted by Gasteiger charge is -2.41. The lowest BCUT2D eigenvalue weighted by atomic mass is 10.00. The SMILES string of the molecule is COc1cccc(CN2C(=O)CN(C(=O)c3ccc(N4CCCCC4)cc3)C[C@@H]2Cc2ccccc2)c1. The zero-order valence-electron chi connectivity index (χ0n) is 21.5. The van der Waals surface area contributed by atoms with Gasteiger partial charge in [-0.15, -0.1) is 0 Å². The average molecular weight is 498 g/mol. The lowest BCUT2D eigenvalue weighted by Crippen LogP contribution is -2.58. The Hall–Kier alpha value is -3.80. The molecule has 3 aromatic rings. The number of ether oxygens (including phenoxy) is 1. The molecule has 2 saturated heterocycles. The summed E-state index contributed by atoms with van der Waals surface area (Å²) < 4.78 is 5.38. The van der Waals surface area contributed by atoms with Gasteiger partial charge >= 0.3 is 0 Å². The molecule has 0 radical (unpaired) electrons. The van der Waals surface area contributed by atoms with Crippen LogP contribution in [0.15, 0.2) is 78.9 Å². The molecule has 6 nitrogen and oxygen atoms in total. The van der Waals surface area contributed by atoms with Crippen LogP contribution in [0.2, 0.25) is 0 Å². The van der Waals surface area contributed by atoms with Gasteiger partial charge in [0.25, 0.3) is 5.91 Å². The first kappa shape index (κ1) is 24.9. The number of hydrogen-bond donors (Lipinski definition) is 0. The van der Waals surface area contributed by atoms with Gasteiger partial charge in [-0.2, -0.15) is 0 Å². The fourth-order valence-electron chi connectivity index (χ4n) is 5.43. The average Bonchev–Trinajstić information content (AvgIpc) is 2.95. The normalized spacial score (nSPS) is 18.1. The zero-order valence-corrected chi connectivity index (χ0v) is 21.5. The van der Waals surface area contributed by atoms with E-state index in [1.54, 1.807) is 12.0 Å². The molecule has 0 bridgehead atoms. The molecule has 0 aromatic heterocycles. The Morgan fingerprint density at radius 2 is 1.62 bits per heavy atom. The third-order valence-electron chi connectivity index (χ3n) is 7.44. The minimum absolute atomic E-state index is 0.0340. The van der Waals surface area contributed by atoms with Gasteiger partial charge < -0.3 is 19.4 Å². The quantitative estimate of drug-likeness (QED) is 0.471. The number of piperidine rings is 1. The van der Waals surface area contributed by atoms with Crippen LogP contribution in [0.4, 0.5) is 5.69 Å². The van der Waals surface area contributed by atoms with Crippen LogP contribution in [-0.2, 0) is 17.8 Å². The van der Waals surface area contributed by atoms with E-state index >= 15 is 0 Å². The fraction of sp³-hybridized carbons (Fsp3) is 0.355. The van der Waals surface area contributed by atoms with Gasteiger partial charge in [0.1, 0.15) is 12.3 Å². The van der Waals surface area contributed by atoms with Crippen LogP contribution in [0.1, 0.15) is 40.7 Å². The Morgan fingerprint density at radius 1 is 0.892 bits per heavy atom. The molecule has 2 aliphatic heterocycles. The van der Waals surface area contributed by atoms with Crippen molar-refractivity contribution in [2.45, 2.75) is 38.3 Å². The summed E-state index contributed by atoms with van der Waals surface area (Å²) in [5, 5.41) is 0. The number of rotatable bonds is 7. The van der Waals surface area contributed by atoms with E-state index in [9.17, 15) is 9.59 Å². The van der Waals surface area contributed by atoms with Crippen molar-refractivity contribution in [1.29, 1.82) is 0 Å². The van der Waals surface area contributed by atoms with E-state index in [0.717, 1.165) is 35.7 Å². The molecule has 0 aliphatic carbocycles. The Labute approximate surface area is 219 Å². The smallest absolute Gasteiger partial charge is 0.254 e. The third kappa shape index (κ3) is 5.96. The summed E-state index contributed by atoms with van der Waals surface area (Å²) in [6.07, 6.45) is 4.40. The van der Waals surface area contributed by atoms with Crippen molar-refractivity contribution in [3.05, 3.63) is 95.6 Å². The van der Waals surface area contributed by atoms with Crippen LogP contribution in [0.5, 0.6) is 5.75 Å². The van der Waals surface area contributed by atoms with Gasteiger partial charge in [0.2, 0.25) is 5.91 Å². The topological polar surface area (TPSA) is 53.1 Å². The van der Waals surface area contributed by atoms with E-state index in [0.29, 0.717) is 25.1 Å². The molecule has 2 aliphatic rings. The summed E-state index contributed by atoms with van der Waals surface area (Å²) in [5.41, 5.74) is 3.96.